The zero-order valence-corrected chi connectivity index (χ0v) is 8.20. The van der Waals surface area contributed by atoms with E-state index in [-0.39, 0.29) is 0 Å². The molecule has 0 radical (unpaired) electrons. The summed E-state index contributed by atoms with van der Waals surface area (Å²) in [5.74, 6) is 0. The lowest BCUT2D eigenvalue weighted by molar-refractivity contribution is 1.33. The third-order valence-corrected chi connectivity index (χ3v) is 2.34. The molecule has 0 aliphatic rings. The van der Waals surface area contributed by atoms with Crippen molar-refractivity contribution < 1.29 is 0 Å². The Morgan fingerprint density at radius 1 is 1.14 bits per heavy atom. The van der Waals surface area contributed by atoms with E-state index in [0.717, 1.165) is 11.1 Å². The number of halogens is 1. The molecule has 70 valence electrons. The van der Waals surface area contributed by atoms with Crippen LogP contribution < -0.4 is 5.73 Å². The minimum atomic E-state index is 0.581. The van der Waals surface area contributed by atoms with Gasteiger partial charge in [0.2, 0.25) is 0 Å². The fourth-order valence-corrected chi connectivity index (χ4v) is 1.37. The number of pyridine rings is 1. The molecule has 0 bridgehead atoms. The first-order valence-corrected chi connectivity index (χ1v) is 4.60. The number of hydrogen-bond acceptors (Lipinski definition) is 2. The van der Waals surface area contributed by atoms with Gasteiger partial charge >= 0.3 is 0 Å². The predicted molar refractivity (Wildman–Crippen MR) is 59.1 cm³/mol. The Balaban J connectivity index is 2.48. The van der Waals surface area contributed by atoms with E-state index in [0.29, 0.717) is 10.7 Å². The second kappa shape index (κ2) is 3.68. The molecule has 1 aromatic carbocycles. The first-order chi connectivity index (χ1) is 6.77. The third-order valence-electron chi connectivity index (χ3n) is 1.99. The van der Waals surface area contributed by atoms with Gasteiger partial charge in [0.15, 0.2) is 0 Å². The van der Waals surface area contributed by atoms with Gasteiger partial charge in [-0.3, -0.25) is 4.98 Å². The second-order valence-corrected chi connectivity index (χ2v) is 3.39. The van der Waals surface area contributed by atoms with Crippen molar-refractivity contribution in [3.8, 4) is 11.1 Å². The van der Waals surface area contributed by atoms with Crippen LogP contribution in [0.15, 0.2) is 42.7 Å². The summed E-state index contributed by atoms with van der Waals surface area (Å²) >= 11 is 5.83. The Morgan fingerprint density at radius 3 is 2.64 bits per heavy atom. The summed E-state index contributed by atoms with van der Waals surface area (Å²) in [5, 5.41) is 0.581. The van der Waals surface area contributed by atoms with Crippen LogP contribution in [0.4, 0.5) is 5.69 Å². The summed E-state index contributed by atoms with van der Waals surface area (Å²) in [4.78, 5) is 4.04. The maximum absolute atomic E-state index is 5.83. The van der Waals surface area contributed by atoms with Gasteiger partial charge in [0, 0.05) is 18.0 Å². The third kappa shape index (κ3) is 1.70. The van der Waals surface area contributed by atoms with Crippen molar-refractivity contribution in [2.75, 3.05) is 5.73 Å². The number of benzene rings is 1. The molecule has 1 aromatic heterocycles. The molecule has 0 saturated carbocycles. The zero-order valence-electron chi connectivity index (χ0n) is 7.44. The van der Waals surface area contributed by atoms with Gasteiger partial charge in [-0.05, 0) is 23.8 Å². The lowest BCUT2D eigenvalue weighted by Gasteiger charge is -2.03. The first kappa shape index (κ1) is 9.03. The van der Waals surface area contributed by atoms with Gasteiger partial charge in [-0.15, -0.1) is 0 Å². The molecule has 2 nitrogen and oxygen atoms in total. The van der Waals surface area contributed by atoms with Crippen molar-refractivity contribution in [3.63, 3.8) is 0 Å². The number of nitrogens with two attached hydrogens (primary N) is 1. The Hall–Kier alpha value is -1.54. The Morgan fingerprint density at radius 2 is 2.00 bits per heavy atom. The van der Waals surface area contributed by atoms with E-state index in [1.54, 1.807) is 18.5 Å². The van der Waals surface area contributed by atoms with Crippen molar-refractivity contribution in [2.45, 2.75) is 0 Å². The first-order valence-electron chi connectivity index (χ1n) is 4.23. The van der Waals surface area contributed by atoms with Crippen molar-refractivity contribution in [2.24, 2.45) is 0 Å². The van der Waals surface area contributed by atoms with Crippen molar-refractivity contribution >= 4 is 17.3 Å². The van der Waals surface area contributed by atoms with Crippen molar-refractivity contribution in [1.82, 2.24) is 4.98 Å². The van der Waals surface area contributed by atoms with E-state index in [9.17, 15) is 0 Å². The molecule has 0 unspecified atom stereocenters. The molecule has 2 rings (SSSR count). The summed E-state index contributed by atoms with van der Waals surface area (Å²) < 4.78 is 0. The van der Waals surface area contributed by atoms with Crippen LogP contribution in [0.25, 0.3) is 11.1 Å². The number of nitrogens with zero attached hydrogens (tertiary/aromatic N) is 1. The van der Waals surface area contributed by atoms with Crippen LogP contribution in [0, 0.1) is 0 Å². The molecule has 0 spiro atoms. The molecule has 1 heterocycles. The SMILES string of the molecule is Nc1cc(-c2cccnc2)ccc1Cl. The molecule has 2 N–H and O–H groups in total. The maximum Gasteiger partial charge on any atom is 0.0635 e. The van der Waals surface area contributed by atoms with Crippen LogP contribution in [0.3, 0.4) is 0 Å². The molecule has 0 fully saturated rings. The topological polar surface area (TPSA) is 38.9 Å². The van der Waals surface area contributed by atoms with Crippen LogP contribution in [0.2, 0.25) is 5.02 Å². The van der Waals surface area contributed by atoms with Crippen LogP contribution in [0.1, 0.15) is 0 Å². The molecular formula is C11H9ClN2. The van der Waals surface area contributed by atoms with Gasteiger partial charge < -0.3 is 5.73 Å². The Kier molecular flexibility index (Phi) is 2.37. The van der Waals surface area contributed by atoms with E-state index in [1.165, 1.54) is 0 Å². The number of hydrogen-bond donors (Lipinski definition) is 1. The molecule has 0 saturated heterocycles. The average molecular weight is 205 g/mol. The van der Waals surface area contributed by atoms with Gasteiger partial charge in [0.25, 0.3) is 0 Å². The number of anilines is 1. The summed E-state index contributed by atoms with van der Waals surface area (Å²) in [6.07, 6.45) is 3.53. The highest BCUT2D eigenvalue weighted by atomic mass is 35.5. The van der Waals surface area contributed by atoms with Crippen LogP contribution >= 0.6 is 11.6 Å². The molecule has 14 heavy (non-hydrogen) atoms. The Bertz CT molecular complexity index is 440. The average Bonchev–Trinajstić information content (AvgIpc) is 2.23. The van der Waals surface area contributed by atoms with Gasteiger partial charge in [-0.1, -0.05) is 23.7 Å². The summed E-state index contributed by atoms with van der Waals surface area (Å²) in [6.45, 7) is 0. The monoisotopic (exact) mass is 204 g/mol. The van der Waals surface area contributed by atoms with Gasteiger partial charge in [0.05, 0.1) is 10.7 Å². The fraction of sp³-hybridized carbons (Fsp3) is 0. The standard InChI is InChI=1S/C11H9ClN2/c12-10-4-3-8(6-11(10)13)9-2-1-5-14-7-9/h1-7H,13H2. The summed E-state index contributed by atoms with van der Waals surface area (Å²) in [7, 11) is 0. The number of nitrogen functional groups attached to an aromatic ring is 1. The minimum absolute atomic E-state index is 0.581. The fourth-order valence-electron chi connectivity index (χ4n) is 1.26. The van der Waals surface area contributed by atoms with E-state index in [2.05, 4.69) is 4.98 Å². The highest BCUT2D eigenvalue weighted by Gasteiger charge is 2.00. The molecule has 2 aromatic rings. The van der Waals surface area contributed by atoms with Crippen LogP contribution in [0.5, 0.6) is 0 Å². The highest BCUT2D eigenvalue weighted by molar-refractivity contribution is 6.33. The van der Waals surface area contributed by atoms with Crippen molar-refractivity contribution in [1.29, 1.82) is 0 Å². The molecule has 0 aliphatic heterocycles. The molecule has 0 atom stereocenters. The Labute approximate surface area is 87.4 Å². The molecular weight excluding hydrogens is 196 g/mol. The van der Waals surface area contributed by atoms with E-state index >= 15 is 0 Å². The van der Waals surface area contributed by atoms with E-state index in [1.807, 2.05) is 24.3 Å². The van der Waals surface area contributed by atoms with Crippen LogP contribution in [-0.4, -0.2) is 4.98 Å². The lowest BCUT2D eigenvalue weighted by atomic mass is 10.1. The highest BCUT2D eigenvalue weighted by Crippen LogP contribution is 2.25. The van der Waals surface area contributed by atoms with Crippen LogP contribution in [-0.2, 0) is 0 Å². The largest absolute Gasteiger partial charge is 0.398 e. The maximum atomic E-state index is 5.83. The summed E-state index contributed by atoms with van der Waals surface area (Å²) in [5.41, 5.74) is 8.36. The van der Waals surface area contributed by atoms with Crippen molar-refractivity contribution in [3.05, 3.63) is 47.7 Å². The quantitative estimate of drug-likeness (QED) is 0.726. The number of aromatic nitrogens is 1. The molecule has 0 aliphatic carbocycles. The van der Waals surface area contributed by atoms with E-state index in [4.69, 9.17) is 17.3 Å². The normalized spacial score (nSPS) is 10.1. The van der Waals surface area contributed by atoms with Gasteiger partial charge in [0.1, 0.15) is 0 Å². The second-order valence-electron chi connectivity index (χ2n) is 2.98. The van der Waals surface area contributed by atoms with Gasteiger partial charge in [-0.25, -0.2) is 0 Å². The summed E-state index contributed by atoms with van der Waals surface area (Å²) in [6, 6.07) is 9.43. The molecule has 3 heteroatoms. The zero-order chi connectivity index (χ0) is 9.97. The minimum Gasteiger partial charge on any atom is -0.398 e. The number of rotatable bonds is 1. The molecule has 0 amide bonds. The lowest BCUT2D eigenvalue weighted by Crippen LogP contribution is -1.87. The van der Waals surface area contributed by atoms with Gasteiger partial charge in [-0.2, -0.15) is 0 Å². The van der Waals surface area contributed by atoms with E-state index < -0.39 is 0 Å². The predicted octanol–water partition coefficient (Wildman–Crippen LogP) is 2.98. The smallest absolute Gasteiger partial charge is 0.0635 e.